The number of allylic oxidation sites excluding steroid dienone is 1. The minimum absolute atomic E-state index is 0.360. The summed E-state index contributed by atoms with van der Waals surface area (Å²) in [4.78, 5) is 4.64. The summed E-state index contributed by atoms with van der Waals surface area (Å²) in [5.74, 6) is 0. The summed E-state index contributed by atoms with van der Waals surface area (Å²) in [6, 6.07) is 0.360. The highest BCUT2D eigenvalue weighted by molar-refractivity contribution is 6.03. The molecular formula is C10H17N3O. The largest absolute Gasteiger partial charge is 0.402 e. The normalized spacial score (nSPS) is 30.2. The number of ether oxygens (including phenoxy) is 1. The van der Waals surface area contributed by atoms with E-state index in [4.69, 9.17) is 10.5 Å². The summed E-state index contributed by atoms with van der Waals surface area (Å²) in [6.45, 7) is 5.33. The SMILES string of the molecule is CC(N)=C1CCNCC1=NC1COC1. The molecule has 2 fully saturated rings. The van der Waals surface area contributed by atoms with Crippen LogP contribution in [0.25, 0.3) is 0 Å². The quantitative estimate of drug-likeness (QED) is 0.621. The van der Waals surface area contributed by atoms with Crippen LogP contribution in [0.4, 0.5) is 0 Å². The average molecular weight is 195 g/mol. The van der Waals surface area contributed by atoms with E-state index in [1.54, 1.807) is 0 Å². The van der Waals surface area contributed by atoms with E-state index in [9.17, 15) is 0 Å². The molecule has 0 aromatic heterocycles. The Bertz CT molecular complexity index is 275. The standard InChI is InChI=1S/C10H17N3O/c1-7(11)9-2-3-12-4-10(9)13-8-5-14-6-8/h8,12H,2-6,11H2,1H3. The Hall–Kier alpha value is -0.870. The van der Waals surface area contributed by atoms with Crippen LogP contribution in [0, 0.1) is 0 Å². The van der Waals surface area contributed by atoms with Gasteiger partial charge in [-0.3, -0.25) is 4.99 Å². The number of hydrogen-bond acceptors (Lipinski definition) is 4. The van der Waals surface area contributed by atoms with E-state index >= 15 is 0 Å². The first-order chi connectivity index (χ1) is 6.77. The van der Waals surface area contributed by atoms with Crippen molar-refractivity contribution in [1.29, 1.82) is 0 Å². The lowest BCUT2D eigenvalue weighted by Gasteiger charge is -2.26. The maximum atomic E-state index is 5.83. The van der Waals surface area contributed by atoms with Crippen molar-refractivity contribution >= 4 is 5.71 Å². The lowest BCUT2D eigenvalue weighted by atomic mass is 10.0. The topological polar surface area (TPSA) is 59.6 Å². The van der Waals surface area contributed by atoms with Gasteiger partial charge in [-0.25, -0.2) is 0 Å². The van der Waals surface area contributed by atoms with E-state index in [1.807, 2.05) is 6.92 Å². The molecule has 0 spiro atoms. The minimum atomic E-state index is 0.360. The maximum Gasteiger partial charge on any atom is 0.0969 e. The number of nitrogens with zero attached hydrogens (tertiary/aromatic N) is 1. The van der Waals surface area contributed by atoms with Gasteiger partial charge < -0.3 is 15.8 Å². The van der Waals surface area contributed by atoms with Crippen molar-refractivity contribution in [2.45, 2.75) is 19.4 Å². The molecule has 2 aliphatic heterocycles. The van der Waals surface area contributed by atoms with Gasteiger partial charge in [0.1, 0.15) is 0 Å². The number of hydrogen-bond donors (Lipinski definition) is 2. The summed E-state index contributed by atoms with van der Waals surface area (Å²) >= 11 is 0. The highest BCUT2D eigenvalue weighted by Crippen LogP contribution is 2.14. The van der Waals surface area contributed by atoms with E-state index in [0.29, 0.717) is 6.04 Å². The third-order valence-corrected chi connectivity index (χ3v) is 2.63. The van der Waals surface area contributed by atoms with Crippen molar-refractivity contribution in [3.8, 4) is 0 Å². The molecule has 0 aromatic carbocycles. The van der Waals surface area contributed by atoms with E-state index in [1.165, 1.54) is 5.57 Å². The summed E-state index contributed by atoms with van der Waals surface area (Å²) in [5.41, 5.74) is 9.10. The molecule has 2 aliphatic rings. The number of nitrogens with one attached hydrogen (secondary N) is 1. The molecular weight excluding hydrogens is 178 g/mol. The number of rotatable bonds is 1. The maximum absolute atomic E-state index is 5.83. The molecule has 0 atom stereocenters. The van der Waals surface area contributed by atoms with Crippen molar-refractivity contribution in [2.24, 2.45) is 10.7 Å². The smallest absolute Gasteiger partial charge is 0.0969 e. The Morgan fingerprint density at radius 2 is 2.36 bits per heavy atom. The predicted molar refractivity (Wildman–Crippen MR) is 56.4 cm³/mol. The van der Waals surface area contributed by atoms with Gasteiger partial charge in [-0.05, 0) is 25.5 Å². The van der Waals surface area contributed by atoms with E-state index in [2.05, 4.69) is 10.3 Å². The van der Waals surface area contributed by atoms with Crippen LogP contribution in [0.5, 0.6) is 0 Å². The summed E-state index contributed by atoms with van der Waals surface area (Å²) in [7, 11) is 0. The minimum Gasteiger partial charge on any atom is -0.402 e. The molecule has 2 heterocycles. The van der Waals surface area contributed by atoms with Crippen molar-refractivity contribution < 1.29 is 4.74 Å². The second kappa shape index (κ2) is 4.11. The Balaban J connectivity index is 2.13. The van der Waals surface area contributed by atoms with Crippen LogP contribution >= 0.6 is 0 Å². The van der Waals surface area contributed by atoms with Gasteiger partial charge in [-0.1, -0.05) is 0 Å². The first kappa shape index (κ1) is 9.68. The molecule has 0 unspecified atom stereocenters. The van der Waals surface area contributed by atoms with Gasteiger partial charge in [0.25, 0.3) is 0 Å². The van der Waals surface area contributed by atoms with E-state index in [-0.39, 0.29) is 0 Å². The third kappa shape index (κ3) is 1.96. The van der Waals surface area contributed by atoms with E-state index in [0.717, 1.165) is 44.1 Å². The molecule has 4 heteroatoms. The number of nitrogens with two attached hydrogens (primary N) is 1. The fraction of sp³-hybridized carbons (Fsp3) is 0.700. The second-order valence-electron chi connectivity index (χ2n) is 3.86. The molecule has 0 radical (unpaired) electrons. The van der Waals surface area contributed by atoms with Crippen LogP contribution in [0.3, 0.4) is 0 Å². The fourth-order valence-corrected chi connectivity index (χ4v) is 1.74. The first-order valence-electron chi connectivity index (χ1n) is 5.08. The Kier molecular flexibility index (Phi) is 2.84. The highest BCUT2D eigenvalue weighted by Gasteiger charge is 2.21. The van der Waals surface area contributed by atoms with Gasteiger partial charge in [0.05, 0.1) is 25.0 Å². The van der Waals surface area contributed by atoms with Crippen LogP contribution in [0.15, 0.2) is 16.3 Å². The molecule has 78 valence electrons. The molecule has 0 saturated carbocycles. The van der Waals surface area contributed by atoms with Crippen LogP contribution in [0.2, 0.25) is 0 Å². The molecule has 4 nitrogen and oxygen atoms in total. The average Bonchev–Trinajstić information content (AvgIpc) is 2.12. The Morgan fingerprint density at radius 1 is 1.57 bits per heavy atom. The van der Waals surface area contributed by atoms with Gasteiger partial charge >= 0.3 is 0 Å². The zero-order valence-corrected chi connectivity index (χ0v) is 8.55. The monoisotopic (exact) mass is 195 g/mol. The summed E-state index contributed by atoms with van der Waals surface area (Å²) in [5, 5.41) is 3.31. The van der Waals surface area contributed by atoms with Crippen molar-refractivity contribution in [1.82, 2.24) is 5.32 Å². The van der Waals surface area contributed by atoms with Gasteiger partial charge in [0.2, 0.25) is 0 Å². The fourth-order valence-electron chi connectivity index (χ4n) is 1.74. The lowest BCUT2D eigenvalue weighted by Crippen LogP contribution is -2.38. The van der Waals surface area contributed by atoms with Crippen LogP contribution < -0.4 is 11.1 Å². The van der Waals surface area contributed by atoms with Crippen LogP contribution in [-0.4, -0.2) is 38.1 Å². The number of aliphatic imine (C=N–C) groups is 1. The van der Waals surface area contributed by atoms with Gasteiger partial charge in [0.15, 0.2) is 0 Å². The third-order valence-electron chi connectivity index (χ3n) is 2.63. The van der Waals surface area contributed by atoms with Gasteiger partial charge in [-0.15, -0.1) is 0 Å². The molecule has 0 aliphatic carbocycles. The molecule has 14 heavy (non-hydrogen) atoms. The number of piperidine rings is 1. The lowest BCUT2D eigenvalue weighted by molar-refractivity contribution is 0.0132. The van der Waals surface area contributed by atoms with Crippen LogP contribution in [0.1, 0.15) is 13.3 Å². The zero-order valence-electron chi connectivity index (χ0n) is 8.55. The molecule has 2 rings (SSSR count). The van der Waals surface area contributed by atoms with Crippen molar-refractivity contribution in [3.05, 3.63) is 11.3 Å². The van der Waals surface area contributed by atoms with E-state index < -0.39 is 0 Å². The molecule has 0 amide bonds. The zero-order chi connectivity index (χ0) is 9.97. The predicted octanol–water partition coefficient (Wildman–Crippen LogP) is 0.0522. The van der Waals surface area contributed by atoms with Crippen molar-refractivity contribution in [3.63, 3.8) is 0 Å². The Labute approximate surface area is 84.2 Å². The summed E-state index contributed by atoms with van der Waals surface area (Å²) < 4.78 is 5.10. The summed E-state index contributed by atoms with van der Waals surface area (Å²) in [6.07, 6.45) is 0.995. The second-order valence-corrected chi connectivity index (χ2v) is 3.86. The van der Waals surface area contributed by atoms with Gasteiger partial charge in [0, 0.05) is 12.2 Å². The molecule has 0 aromatic rings. The van der Waals surface area contributed by atoms with Crippen LogP contribution in [-0.2, 0) is 4.74 Å². The van der Waals surface area contributed by atoms with Gasteiger partial charge in [-0.2, -0.15) is 0 Å². The molecule has 2 saturated heterocycles. The molecule has 3 N–H and O–H groups in total. The highest BCUT2D eigenvalue weighted by atomic mass is 16.5. The molecule has 0 bridgehead atoms. The van der Waals surface area contributed by atoms with Crippen molar-refractivity contribution in [2.75, 3.05) is 26.3 Å². The Morgan fingerprint density at radius 3 is 2.93 bits per heavy atom. The first-order valence-corrected chi connectivity index (χ1v) is 5.08.